The van der Waals surface area contributed by atoms with Crippen LogP contribution < -0.4 is 5.73 Å². The highest BCUT2D eigenvalue weighted by Gasteiger charge is 2.38. The zero-order valence-electron chi connectivity index (χ0n) is 12.9. The standard InChI is InChI=1S/C16H30N2O2/c1-11-8-12(2)15(17)9-14(11)16(20)18-7-5-3-4-6-13(18)10-19/h11-15,19H,3-10,17H2,1-2H3. The van der Waals surface area contributed by atoms with Crippen LogP contribution in [0.25, 0.3) is 0 Å². The number of likely N-dealkylation sites (tertiary alicyclic amines) is 1. The first-order chi connectivity index (χ1) is 9.54. The summed E-state index contributed by atoms with van der Waals surface area (Å²) in [5.74, 6) is 1.20. The van der Waals surface area contributed by atoms with E-state index in [1.807, 2.05) is 4.90 Å². The topological polar surface area (TPSA) is 66.6 Å². The average Bonchev–Trinajstić information content (AvgIpc) is 2.67. The highest BCUT2D eigenvalue weighted by molar-refractivity contribution is 5.79. The molecule has 1 saturated heterocycles. The van der Waals surface area contributed by atoms with Crippen LogP contribution in [0.15, 0.2) is 0 Å². The second-order valence-corrected chi connectivity index (χ2v) is 6.91. The first-order valence-corrected chi connectivity index (χ1v) is 8.21. The molecular formula is C16H30N2O2. The van der Waals surface area contributed by atoms with Crippen molar-refractivity contribution in [2.24, 2.45) is 23.5 Å². The monoisotopic (exact) mass is 282 g/mol. The number of hydrogen-bond donors (Lipinski definition) is 2. The van der Waals surface area contributed by atoms with Crippen molar-refractivity contribution in [1.29, 1.82) is 0 Å². The number of nitrogens with zero attached hydrogens (tertiary/aromatic N) is 1. The van der Waals surface area contributed by atoms with E-state index in [1.165, 1.54) is 0 Å². The maximum Gasteiger partial charge on any atom is 0.226 e. The van der Waals surface area contributed by atoms with Gasteiger partial charge >= 0.3 is 0 Å². The predicted molar refractivity (Wildman–Crippen MR) is 80.1 cm³/mol. The smallest absolute Gasteiger partial charge is 0.226 e. The maximum atomic E-state index is 12.9. The van der Waals surface area contributed by atoms with Crippen molar-refractivity contribution < 1.29 is 9.90 Å². The molecule has 0 aromatic rings. The molecule has 2 aliphatic rings. The van der Waals surface area contributed by atoms with Gasteiger partial charge in [0.05, 0.1) is 12.6 Å². The highest BCUT2D eigenvalue weighted by atomic mass is 16.3. The summed E-state index contributed by atoms with van der Waals surface area (Å²) in [6, 6.07) is 0.160. The number of nitrogens with two attached hydrogens (primary N) is 1. The van der Waals surface area contributed by atoms with E-state index < -0.39 is 0 Å². The summed E-state index contributed by atoms with van der Waals surface area (Å²) in [4.78, 5) is 14.9. The molecule has 1 amide bonds. The summed E-state index contributed by atoms with van der Waals surface area (Å²) in [5, 5.41) is 9.58. The molecule has 116 valence electrons. The van der Waals surface area contributed by atoms with Gasteiger partial charge in [-0.3, -0.25) is 4.79 Å². The van der Waals surface area contributed by atoms with E-state index in [0.717, 1.165) is 45.1 Å². The second kappa shape index (κ2) is 6.90. The molecule has 2 rings (SSSR count). The molecule has 0 aromatic heterocycles. The van der Waals surface area contributed by atoms with Crippen LogP contribution in [0.5, 0.6) is 0 Å². The van der Waals surface area contributed by atoms with Gasteiger partial charge in [-0.2, -0.15) is 0 Å². The minimum absolute atomic E-state index is 0.0211. The summed E-state index contributed by atoms with van der Waals surface area (Å²) in [6.45, 7) is 5.26. The van der Waals surface area contributed by atoms with Gasteiger partial charge in [-0.1, -0.05) is 26.7 Å². The molecule has 20 heavy (non-hydrogen) atoms. The van der Waals surface area contributed by atoms with E-state index in [0.29, 0.717) is 11.8 Å². The third-order valence-corrected chi connectivity index (χ3v) is 5.38. The number of carbonyl (C=O) groups is 1. The van der Waals surface area contributed by atoms with Gasteiger partial charge in [0.25, 0.3) is 0 Å². The Bertz CT molecular complexity index is 334. The third kappa shape index (κ3) is 3.34. The molecule has 1 saturated carbocycles. The second-order valence-electron chi connectivity index (χ2n) is 6.91. The minimum Gasteiger partial charge on any atom is -0.394 e. The molecule has 0 radical (unpaired) electrons. The van der Waals surface area contributed by atoms with Gasteiger partial charge in [-0.05, 0) is 37.5 Å². The number of amides is 1. The molecule has 4 heteroatoms. The highest BCUT2D eigenvalue weighted by Crippen LogP contribution is 2.35. The number of hydrogen-bond acceptors (Lipinski definition) is 3. The van der Waals surface area contributed by atoms with Crippen molar-refractivity contribution in [3.8, 4) is 0 Å². The molecule has 0 spiro atoms. The lowest BCUT2D eigenvalue weighted by molar-refractivity contribution is -0.142. The fourth-order valence-electron chi connectivity index (χ4n) is 3.90. The summed E-state index contributed by atoms with van der Waals surface area (Å²) >= 11 is 0. The molecule has 1 aliphatic heterocycles. The molecule has 1 aliphatic carbocycles. The summed E-state index contributed by atoms with van der Waals surface area (Å²) in [7, 11) is 0. The predicted octanol–water partition coefficient (Wildman–Crippen LogP) is 1.76. The van der Waals surface area contributed by atoms with Gasteiger partial charge in [-0.25, -0.2) is 0 Å². The molecular weight excluding hydrogens is 252 g/mol. The lowest BCUT2D eigenvalue weighted by Gasteiger charge is -2.40. The first kappa shape index (κ1) is 15.8. The molecule has 5 atom stereocenters. The Hall–Kier alpha value is -0.610. The Kier molecular flexibility index (Phi) is 5.44. The van der Waals surface area contributed by atoms with E-state index in [-0.39, 0.29) is 30.5 Å². The summed E-state index contributed by atoms with van der Waals surface area (Å²) in [5.41, 5.74) is 6.18. The molecule has 4 nitrogen and oxygen atoms in total. The normalized spacial score (nSPS) is 39.4. The molecule has 1 heterocycles. The Morgan fingerprint density at radius 3 is 2.65 bits per heavy atom. The van der Waals surface area contributed by atoms with Gasteiger partial charge in [0.2, 0.25) is 5.91 Å². The molecule has 5 unspecified atom stereocenters. The van der Waals surface area contributed by atoms with Crippen LogP contribution in [0.4, 0.5) is 0 Å². The lowest BCUT2D eigenvalue weighted by atomic mass is 9.72. The van der Waals surface area contributed by atoms with Crippen molar-refractivity contribution in [3.05, 3.63) is 0 Å². The van der Waals surface area contributed by atoms with Crippen LogP contribution in [0, 0.1) is 17.8 Å². The minimum atomic E-state index is 0.0211. The van der Waals surface area contributed by atoms with E-state index in [2.05, 4.69) is 13.8 Å². The van der Waals surface area contributed by atoms with Crippen molar-refractivity contribution in [3.63, 3.8) is 0 Å². The molecule has 2 fully saturated rings. The molecule has 0 aromatic carbocycles. The zero-order valence-corrected chi connectivity index (χ0v) is 12.9. The van der Waals surface area contributed by atoms with Crippen LogP contribution in [0.1, 0.15) is 52.4 Å². The summed E-state index contributed by atoms with van der Waals surface area (Å²) in [6.07, 6.45) is 6.12. The average molecular weight is 282 g/mol. The lowest BCUT2D eigenvalue weighted by Crippen LogP contribution is -2.50. The molecule has 3 N–H and O–H groups in total. The van der Waals surface area contributed by atoms with Crippen LogP contribution in [0.3, 0.4) is 0 Å². The maximum absolute atomic E-state index is 12.9. The number of rotatable bonds is 2. The van der Waals surface area contributed by atoms with Gasteiger partial charge < -0.3 is 15.7 Å². The SMILES string of the molecule is CC1CC(C)C(C(=O)N2CCCCCC2CO)CC1N. The fourth-order valence-corrected chi connectivity index (χ4v) is 3.90. The number of carbonyl (C=O) groups excluding carboxylic acids is 1. The Labute approximate surface area is 122 Å². The van der Waals surface area contributed by atoms with Crippen molar-refractivity contribution in [2.45, 2.75) is 64.5 Å². The van der Waals surface area contributed by atoms with Crippen LogP contribution in [-0.2, 0) is 4.79 Å². The van der Waals surface area contributed by atoms with E-state index in [1.54, 1.807) is 0 Å². The van der Waals surface area contributed by atoms with E-state index in [4.69, 9.17) is 5.73 Å². The third-order valence-electron chi connectivity index (χ3n) is 5.38. The summed E-state index contributed by atoms with van der Waals surface area (Å²) < 4.78 is 0. The van der Waals surface area contributed by atoms with Crippen molar-refractivity contribution in [2.75, 3.05) is 13.2 Å². The van der Waals surface area contributed by atoms with Gasteiger partial charge in [-0.15, -0.1) is 0 Å². The van der Waals surface area contributed by atoms with Gasteiger partial charge in [0.15, 0.2) is 0 Å². The van der Waals surface area contributed by atoms with Crippen molar-refractivity contribution >= 4 is 5.91 Å². The van der Waals surface area contributed by atoms with Gasteiger partial charge in [0.1, 0.15) is 0 Å². The van der Waals surface area contributed by atoms with E-state index >= 15 is 0 Å². The zero-order chi connectivity index (χ0) is 14.7. The Morgan fingerprint density at radius 2 is 1.95 bits per heavy atom. The van der Waals surface area contributed by atoms with Crippen LogP contribution in [-0.4, -0.2) is 41.1 Å². The number of aliphatic hydroxyl groups is 1. The largest absolute Gasteiger partial charge is 0.394 e. The van der Waals surface area contributed by atoms with Crippen molar-refractivity contribution in [1.82, 2.24) is 4.90 Å². The van der Waals surface area contributed by atoms with E-state index in [9.17, 15) is 9.90 Å². The van der Waals surface area contributed by atoms with Crippen LogP contribution in [0.2, 0.25) is 0 Å². The van der Waals surface area contributed by atoms with Gasteiger partial charge in [0, 0.05) is 18.5 Å². The molecule has 0 bridgehead atoms. The first-order valence-electron chi connectivity index (χ1n) is 8.21. The van der Waals surface area contributed by atoms with Crippen LogP contribution >= 0.6 is 0 Å². The quantitative estimate of drug-likeness (QED) is 0.811. The fraction of sp³-hybridized carbons (Fsp3) is 0.938. The Balaban J connectivity index is 2.08. The Morgan fingerprint density at radius 1 is 1.20 bits per heavy atom. The number of aliphatic hydroxyl groups excluding tert-OH is 1.